The molecular formula is C5H12BF2LiO7. The summed E-state index contributed by atoms with van der Waals surface area (Å²) in [5.41, 5.74) is 0. The van der Waals surface area contributed by atoms with E-state index in [0.717, 1.165) is 6.26 Å². The minimum absolute atomic E-state index is 0. The molecule has 0 aliphatic heterocycles. The minimum atomic E-state index is -2.17. The Labute approximate surface area is 102 Å². The quantitative estimate of drug-likeness (QED) is 0.190. The van der Waals surface area contributed by atoms with Crippen LogP contribution >= 0.6 is 0 Å². The molecule has 0 aromatic heterocycles. The molecule has 0 heterocycles. The molecule has 0 saturated heterocycles. The first-order chi connectivity index (χ1) is 5.90. The van der Waals surface area contributed by atoms with Gasteiger partial charge in [0.2, 0.25) is 0 Å². The normalized spacial score (nSPS) is 6.19. The van der Waals surface area contributed by atoms with Crippen LogP contribution in [0.2, 0.25) is 0 Å². The fourth-order valence-corrected chi connectivity index (χ4v) is 0.258. The number of aliphatic carboxylic acids is 1. The van der Waals surface area contributed by atoms with Crippen molar-refractivity contribution in [3.05, 3.63) is 12.8 Å². The first-order valence-corrected chi connectivity index (χ1v) is 2.96. The summed E-state index contributed by atoms with van der Waals surface area (Å²) in [6.07, 6.45) is 0.275. The first-order valence-electron chi connectivity index (χ1n) is 2.96. The van der Waals surface area contributed by atoms with Gasteiger partial charge in [0.25, 0.3) is 0 Å². The van der Waals surface area contributed by atoms with Crippen LogP contribution in [0.5, 0.6) is 0 Å². The molecule has 92 valence electrons. The van der Waals surface area contributed by atoms with E-state index >= 15 is 0 Å². The number of rotatable bonds is 3. The second-order valence-electron chi connectivity index (χ2n) is 1.57. The Balaban J connectivity index is -0.0000000511. The molecule has 0 radical (unpaired) electrons. The van der Waals surface area contributed by atoms with Gasteiger partial charge in [0.15, 0.2) is 0 Å². The molecule has 0 unspecified atom stereocenters. The van der Waals surface area contributed by atoms with Gasteiger partial charge in [-0.3, -0.25) is 19.0 Å². The summed E-state index contributed by atoms with van der Waals surface area (Å²) in [5.74, 6) is -2.01. The molecule has 0 aliphatic carbocycles. The number of halogens is 2. The van der Waals surface area contributed by atoms with Crippen molar-refractivity contribution in [2.45, 2.75) is 6.42 Å². The van der Waals surface area contributed by atoms with Crippen molar-refractivity contribution >= 4 is 38.1 Å². The number of hydrogen-bond acceptors (Lipinski definition) is 6. The summed E-state index contributed by atoms with van der Waals surface area (Å²) in [7, 11) is -2.17. The van der Waals surface area contributed by atoms with Crippen LogP contribution in [0.25, 0.3) is 0 Å². The second kappa shape index (κ2) is 19.6. The average molecular weight is 240 g/mol. The standard InChI is InChI=1S/C5H6O4.BH3O3.2FH.Li.H/c1-2-9-5(8)3-4(6)7;2-1(3)4;;;;/h2H,1,3H2,(H,6,7);2-4H;2*1H;;. The van der Waals surface area contributed by atoms with Crippen LogP contribution in [-0.4, -0.2) is 58.3 Å². The van der Waals surface area contributed by atoms with Gasteiger partial charge in [0, 0.05) is 0 Å². The van der Waals surface area contributed by atoms with Gasteiger partial charge in [-0.05, 0) is 0 Å². The summed E-state index contributed by atoms with van der Waals surface area (Å²) in [4.78, 5) is 19.9. The Morgan fingerprint density at radius 2 is 1.56 bits per heavy atom. The van der Waals surface area contributed by atoms with Crippen molar-refractivity contribution in [2.24, 2.45) is 0 Å². The fraction of sp³-hybridized carbons (Fsp3) is 0.200. The van der Waals surface area contributed by atoms with Crippen molar-refractivity contribution in [1.29, 1.82) is 0 Å². The molecule has 0 aliphatic rings. The Bertz CT molecular complexity index is 189. The predicted molar refractivity (Wildman–Crippen MR) is 53.1 cm³/mol. The summed E-state index contributed by atoms with van der Waals surface area (Å²) in [6, 6.07) is 0. The number of esters is 1. The predicted octanol–water partition coefficient (Wildman–Crippen LogP) is -2.25. The molecule has 0 spiro atoms. The van der Waals surface area contributed by atoms with Crippen molar-refractivity contribution in [1.82, 2.24) is 0 Å². The van der Waals surface area contributed by atoms with E-state index in [-0.39, 0.29) is 28.3 Å². The number of carbonyl (C=O) groups excluding carboxylic acids is 1. The maximum atomic E-state index is 10.2. The van der Waals surface area contributed by atoms with Gasteiger partial charge in [-0.25, -0.2) is 0 Å². The van der Waals surface area contributed by atoms with Gasteiger partial charge >= 0.3 is 38.1 Å². The molecule has 0 saturated carbocycles. The zero-order chi connectivity index (χ0) is 10.9. The van der Waals surface area contributed by atoms with Crippen molar-refractivity contribution < 1.29 is 43.9 Å². The molecule has 0 aromatic carbocycles. The molecule has 0 rings (SSSR count). The SMILES string of the molecule is C=COC(=O)CC(=O)O.F.F.OB(O)O.[LiH]. The van der Waals surface area contributed by atoms with E-state index < -0.39 is 25.7 Å². The van der Waals surface area contributed by atoms with Crippen LogP contribution in [0.1, 0.15) is 6.42 Å². The van der Waals surface area contributed by atoms with E-state index in [1.807, 2.05) is 0 Å². The Morgan fingerprint density at radius 3 is 1.75 bits per heavy atom. The first kappa shape index (κ1) is 29.4. The average Bonchev–Trinajstić information content (AvgIpc) is 1.83. The van der Waals surface area contributed by atoms with Crippen LogP contribution in [0.4, 0.5) is 9.41 Å². The Hall–Kier alpha value is -0.918. The zero-order valence-electron chi connectivity index (χ0n) is 7.40. The molecule has 0 bridgehead atoms. The summed E-state index contributed by atoms with van der Waals surface area (Å²) < 4.78 is 4.10. The van der Waals surface area contributed by atoms with E-state index in [0.29, 0.717) is 0 Å². The maximum absolute atomic E-state index is 10.2. The number of hydrogen-bond donors (Lipinski definition) is 4. The van der Waals surface area contributed by atoms with E-state index in [9.17, 15) is 9.59 Å². The van der Waals surface area contributed by atoms with E-state index in [4.69, 9.17) is 20.2 Å². The Morgan fingerprint density at radius 1 is 1.25 bits per heavy atom. The number of carboxylic acid groups (broad SMARTS) is 1. The molecule has 11 heteroatoms. The third-order valence-corrected chi connectivity index (χ3v) is 0.510. The van der Waals surface area contributed by atoms with Crippen LogP contribution in [0, 0.1) is 0 Å². The van der Waals surface area contributed by atoms with Crippen LogP contribution < -0.4 is 0 Å². The van der Waals surface area contributed by atoms with Gasteiger partial charge < -0.3 is 24.9 Å². The van der Waals surface area contributed by atoms with Crippen molar-refractivity contribution in [2.75, 3.05) is 0 Å². The molecule has 0 fully saturated rings. The van der Waals surface area contributed by atoms with Gasteiger partial charge in [-0.1, -0.05) is 6.58 Å². The van der Waals surface area contributed by atoms with Crippen LogP contribution in [0.3, 0.4) is 0 Å². The number of carboxylic acids is 1. The van der Waals surface area contributed by atoms with Gasteiger partial charge in [-0.15, -0.1) is 0 Å². The fourth-order valence-electron chi connectivity index (χ4n) is 0.258. The van der Waals surface area contributed by atoms with E-state index in [2.05, 4.69) is 11.3 Å². The van der Waals surface area contributed by atoms with E-state index in [1.165, 1.54) is 0 Å². The zero-order valence-corrected chi connectivity index (χ0v) is 7.40. The topological polar surface area (TPSA) is 124 Å². The Kier molecular flexibility index (Phi) is 36.1. The second-order valence-corrected chi connectivity index (χ2v) is 1.57. The van der Waals surface area contributed by atoms with Crippen molar-refractivity contribution in [3.8, 4) is 0 Å². The monoisotopic (exact) mass is 240 g/mol. The molecule has 0 aromatic rings. The van der Waals surface area contributed by atoms with Gasteiger partial charge in [0.1, 0.15) is 6.42 Å². The molecule has 16 heavy (non-hydrogen) atoms. The summed E-state index contributed by atoms with van der Waals surface area (Å²) >= 11 is 0. The third-order valence-electron chi connectivity index (χ3n) is 0.510. The third kappa shape index (κ3) is 51.6. The van der Waals surface area contributed by atoms with Gasteiger partial charge in [-0.2, -0.15) is 0 Å². The summed E-state index contributed by atoms with van der Waals surface area (Å²) in [5, 5.41) is 29.5. The van der Waals surface area contributed by atoms with Crippen LogP contribution in [-0.2, 0) is 14.3 Å². The molecule has 0 atom stereocenters. The molecule has 4 N–H and O–H groups in total. The number of carbonyl (C=O) groups is 2. The van der Waals surface area contributed by atoms with Crippen LogP contribution in [0.15, 0.2) is 12.8 Å². The molecule has 7 nitrogen and oxygen atoms in total. The molecular weight excluding hydrogens is 228 g/mol. The number of ether oxygens (including phenoxy) is 1. The summed E-state index contributed by atoms with van der Waals surface area (Å²) in [6.45, 7) is 3.07. The van der Waals surface area contributed by atoms with E-state index in [1.54, 1.807) is 0 Å². The van der Waals surface area contributed by atoms with Gasteiger partial charge in [0.05, 0.1) is 6.26 Å². The molecule has 0 amide bonds. The van der Waals surface area contributed by atoms with Crippen molar-refractivity contribution in [3.63, 3.8) is 0 Å².